The predicted molar refractivity (Wildman–Crippen MR) is 62.2 cm³/mol. The topological polar surface area (TPSA) is 98.3 Å². The van der Waals surface area contributed by atoms with Crippen molar-refractivity contribution in [2.24, 2.45) is 0 Å². The molecule has 1 amide bonds. The van der Waals surface area contributed by atoms with Crippen molar-refractivity contribution in [3.63, 3.8) is 0 Å². The van der Waals surface area contributed by atoms with E-state index < -0.39 is 33.7 Å². The summed E-state index contributed by atoms with van der Waals surface area (Å²) in [6, 6.07) is 2.60. The molecule has 0 bridgehead atoms. The molecule has 0 radical (unpaired) electrons. The number of amides is 1. The summed E-state index contributed by atoms with van der Waals surface area (Å²) in [6.45, 7) is 1.58. The number of halogens is 2. The first-order valence-corrected chi connectivity index (χ1v) is 5.27. The molecule has 1 aromatic carbocycles. The van der Waals surface area contributed by atoms with Crippen LogP contribution in [0.2, 0.25) is 0 Å². The zero-order valence-electron chi connectivity index (χ0n) is 10.0. The number of aromatic nitrogens is 1. The Hall–Kier alpha value is -2.84. The molecule has 2 aromatic rings. The third-order valence-corrected chi connectivity index (χ3v) is 2.36. The van der Waals surface area contributed by atoms with Gasteiger partial charge in [-0.05, 0) is 13.0 Å². The monoisotopic (exact) mass is 283 g/mol. The summed E-state index contributed by atoms with van der Waals surface area (Å²) in [6.07, 6.45) is 0. The molecular weight excluding hydrogens is 276 g/mol. The summed E-state index contributed by atoms with van der Waals surface area (Å²) in [5.41, 5.74) is -1.61. The fourth-order valence-corrected chi connectivity index (χ4v) is 1.49. The van der Waals surface area contributed by atoms with E-state index in [0.717, 1.165) is 0 Å². The van der Waals surface area contributed by atoms with E-state index in [-0.39, 0.29) is 5.88 Å². The minimum Gasteiger partial charge on any atom is -0.338 e. The maximum absolute atomic E-state index is 13.8. The van der Waals surface area contributed by atoms with Crippen molar-refractivity contribution in [1.82, 2.24) is 5.16 Å². The lowest BCUT2D eigenvalue weighted by atomic mass is 10.1. The lowest BCUT2D eigenvalue weighted by molar-refractivity contribution is -0.387. The first kappa shape index (κ1) is 13.6. The Morgan fingerprint density at radius 1 is 1.45 bits per heavy atom. The summed E-state index contributed by atoms with van der Waals surface area (Å²) in [7, 11) is 0. The van der Waals surface area contributed by atoms with Gasteiger partial charge in [0.25, 0.3) is 5.91 Å². The maximum atomic E-state index is 13.8. The van der Waals surface area contributed by atoms with E-state index in [1.165, 1.54) is 6.07 Å². The Bertz CT molecular complexity index is 699. The Labute approximate surface area is 110 Å². The highest BCUT2D eigenvalue weighted by Crippen LogP contribution is 2.24. The van der Waals surface area contributed by atoms with Gasteiger partial charge in [-0.15, -0.1) is 0 Å². The van der Waals surface area contributed by atoms with Gasteiger partial charge in [0, 0.05) is 12.1 Å². The quantitative estimate of drug-likeness (QED) is 0.689. The van der Waals surface area contributed by atoms with Crippen LogP contribution in [0.3, 0.4) is 0 Å². The Morgan fingerprint density at radius 2 is 2.15 bits per heavy atom. The van der Waals surface area contributed by atoms with Crippen molar-refractivity contribution in [3.05, 3.63) is 51.2 Å². The van der Waals surface area contributed by atoms with Crippen LogP contribution in [-0.4, -0.2) is 16.0 Å². The van der Waals surface area contributed by atoms with Crippen molar-refractivity contribution >= 4 is 17.5 Å². The minimum absolute atomic E-state index is 0.127. The number of hydrogen-bond donors (Lipinski definition) is 1. The lowest BCUT2D eigenvalue weighted by Crippen LogP contribution is -2.16. The smallest absolute Gasteiger partial charge is 0.305 e. The third-order valence-electron chi connectivity index (χ3n) is 2.36. The zero-order chi connectivity index (χ0) is 14.9. The molecule has 0 atom stereocenters. The highest BCUT2D eigenvalue weighted by Gasteiger charge is 2.26. The van der Waals surface area contributed by atoms with Crippen molar-refractivity contribution < 1.29 is 23.0 Å². The molecule has 0 aliphatic heterocycles. The number of hydrogen-bond acceptors (Lipinski definition) is 5. The van der Waals surface area contributed by atoms with E-state index in [4.69, 9.17) is 0 Å². The molecule has 0 aliphatic rings. The van der Waals surface area contributed by atoms with Crippen LogP contribution in [0.5, 0.6) is 0 Å². The van der Waals surface area contributed by atoms with Gasteiger partial charge in [-0.3, -0.25) is 20.2 Å². The van der Waals surface area contributed by atoms with Gasteiger partial charge in [0.15, 0.2) is 0 Å². The van der Waals surface area contributed by atoms with Crippen LogP contribution >= 0.6 is 0 Å². The second-order valence-electron chi connectivity index (χ2n) is 3.80. The predicted octanol–water partition coefficient (Wildman–Crippen LogP) is 2.42. The number of aryl methyl sites for hydroxylation is 1. The van der Waals surface area contributed by atoms with Crippen LogP contribution in [0.1, 0.15) is 16.1 Å². The first-order valence-electron chi connectivity index (χ1n) is 5.27. The minimum atomic E-state index is -1.55. The standard InChI is InChI=1S/C11H7F2N3O4/c1-5-4-8(20-15-5)14-11(17)9-6(12)2-3-7(10(9)13)16(18)19/h2-4H,1H3,(H,14,17). The van der Waals surface area contributed by atoms with Crippen molar-refractivity contribution in [2.75, 3.05) is 5.32 Å². The van der Waals surface area contributed by atoms with Gasteiger partial charge in [-0.25, -0.2) is 4.39 Å². The Kier molecular flexibility index (Phi) is 3.42. The second-order valence-corrected chi connectivity index (χ2v) is 3.80. The molecule has 0 aliphatic carbocycles. The summed E-state index contributed by atoms with van der Waals surface area (Å²) >= 11 is 0. The van der Waals surface area contributed by atoms with Gasteiger partial charge in [0.05, 0.1) is 10.6 Å². The number of nitrogens with one attached hydrogen (secondary N) is 1. The number of rotatable bonds is 3. The van der Waals surface area contributed by atoms with Crippen molar-refractivity contribution in [2.45, 2.75) is 6.92 Å². The molecule has 0 unspecified atom stereocenters. The van der Waals surface area contributed by atoms with Crippen LogP contribution in [0, 0.1) is 28.7 Å². The lowest BCUT2D eigenvalue weighted by Gasteiger charge is -2.04. The molecule has 2 rings (SSSR count). The number of nitrogens with zero attached hydrogens (tertiary/aromatic N) is 2. The van der Waals surface area contributed by atoms with Gasteiger partial charge < -0.3 is 4.52 Å². The molecular formula is C11H7F2N3O4. The highest BCUT2D eigenvalue weighted by atomic mass is 19.1. The van der Waals surface area contributed by atoms with Crippen LogP contribution in [0.15, 0.2) is 22.7 Å². The van der Waals surface area contributed by atoms with Gasteiger partial charge in [-0.2, -0.15) is 4.39 Å². The van der Waals surface area contributed by atoms with Crippen molar-refractivity contribution in [1.29, 1.82) is 0 Å². The van der Waals surface area contributed by atoms with Crippen LogP contribution in [-0.2, 0) is 0 Å². The van der Waals surface area contributed by atoms with Gasteiger partial charge in [0.1, 0.15) is 11.4 Å². The summed E-state index contributed by atoms with van der Waals surface area (Å²) < 4.78 is 31.9. The van der Waals surface area contributed by atoms with Crippen LogP contribution < -0.4 is 5.32 Å². The number of carbonyl (C=O) groups is 1. The van der Waals surface area contributed by atoms with Gasteiger partial charge in [-0.1, -0.05) is 5.16 Å². The fourth-order valence-electron chi connectivity index (χ4n) is 1.49. The molecule has 9 heteroatoms. The Balaban J connectivity index is 2.38. The van der Waals surface area contributed by atoms with E-state index >= 15 is 0 Å². The van der Waals surface area contributed by atoms with E-state index in [2.05, 4.69) is 15.0 Å². The number of nitro benzene ring substituents is 1. The molecule has 0 fully saturated rings. The van der Waals surface area contributed by atoms with E-state index in [9.17, 15) is 23.7 Å². The highest BCUT2D eigenvalue weighted by molar-refractivity contribution is 6.04. The Morgan fingerprint density at radius 3 is 2.70 bits per heavy atom. The van der Waals surface area contributed by atoms with Gasteiger partial charge >= 0.3 is 5.69 Å². The molecule has 7 nitrogen and oxygen atoms in total. The molecule has 1 N–H and O–H groups in total. The van der Waals surface area contributed by atoms with E-state index in [1.54, 1.807) is 6.92 Å². The first-order chi connectivity index (χ1) is 9.40. The van der Waals surface area contributed by atoms with Crippen molar-refractivity contribution in [3.8, 4) is 0 Å². The summed E-state index contributed by atoms with van der Waals surface area (Å²) in [5.74, 6) is -4.11. The molecule has 20 heavy (non-hydrogen) atoms. The molecule has 104 valence electrons. The SMILES string of the molecule is Cc1cc(NC(=O)c2c(F)ccc([N+](=O)[O-])c2F)on1. The molecule has 0 saturated carbocycles. The normalized spacial score (nSPS) is 10.3. The number of carbonyl (C=O) groups excluding carboxylic acids is 1. The molecule has 0 spiro atoms. The van der Waals surface area contributed by atoms with Gasteiger partial charge in [0.2, 0.25) is 11.7 Å². The molecule has 0 saturated heterocycles. The fraction of sp³-hybridized carbons (Fsp3) is 0.0909. The zero-order valence-corrected chi connectivity index (χ0v) is 10.0. The largest absolute Gasteiger partial charge is 0.338 e. The third kappa shape index (κ3) is 2.46. The number of nitro groups is 1. The maximum Gasteiger partial charge on any atom is 0.305 e. The van der Waals surface area contributed by atoms with E-state index in [1.807, 2.05) is 0 Å². The summed E-state index contributed by atoms with van der Waals surface area (Å²) in [5, 5.41) is 16.1. The average Bonchev–Trinajstić information content (AvgIpc) is 2.74. The molecule has 1 heterocycles. The number of benzene rings is 1. The molecule has 1 aromatic heterocycles. The number of anilines is 1. The average molecular weight is 283 g/mol. The van der Waals surface area contributed by atoms with E-state index in [0.29, 0.717) is 17.8 Å². The van der Waals surface area contributed by atoms with Crippen LogP contribution in [0.4, 0.5) is 20.4 Å². The van der Waals surface area contributed by atoms with Crippen LogP contribution in [0.25, 0.3) is 0 Å². The summed E-state index contributed by atoms with van der Waals surface area (Å²) in [4.78, 5) is 21.2. The second kappa shape index (κ2) is 5.03.